The summed E-state index contributed by atoms with van der Waals surface area (Å²) in [4.78, 5) is 14.1. The van der Waals surface area contributed by atoms with Gasteiger partial charge in [-0.15, -0.1) is 0 Å². The second kappa shape index (κ2) is 5.64. The summed E-state index contributed by atoms with van der Waals surface area (Å²) in [6, 6.07) is 0.213. The quantitative estimate of drug-likeness (QED) is 0.744. The molecule has 1 aliphatic heterocycles. The van der Waals surface area contributed by atoms with Crippen molar-refractivity contribution in [3.63, 3.8) is 0 Å². The third kappa shape index (κ3) is 4.49. The van der Waals surface area contributed by atoms with E-state index in [9.17, 15) is 4.79 Å². The van der Waals surface area contributed by atoms with Crippen molar-refractivity contribution in [2.75, 3.05) is 19.6 Å². The maximum absolute atomic E-state index is 11.8. The van der Waals surface area contributed by atoms with E-state index >= 15 is 0 Å². The van der Waals surface area contributed by atoms with Gasteiger partial charge in [-0.25, -0.2) is 0 Å². The smallest absolute Gasteiger partial charge is 0.222 e. The Labute approximate surface area is 98.6 Å². The number of amides is 1. The lowest BCUT2D eigenvalue weighted by Crippen LogP contribution is -2.46. The second-order valence-electron chi connectivity index (χ2n) is 5.63. The molecule has 3 N–H and O–H groups in total. The molecule has 1 unspecified atom stereocenters. The van der Waals surface area contributed by atoms with Crippen LogP contribution in [0, 0.1) is 0 Å². The Kier molecular flexibility index (Phi) is 4.74. The first-order valence-corrected chi connectivity index (χ1v) is 6.17. The molecule has 0 spiro atoms. The first kappa shape index (κ1) is 13.5. The van der Waals surface area contributed by atoms with Gasteiger partial charge in [0.1, 0.15) is 0 Å². The summed E-state index contributed by atoms with van der Waals surface area (Å²) in [6.07, 6.45) is 2.99. The highest BCUT2D eigenvalue weighted by Crippen LogP contribution is 2.13. The molecule has 1 amide bonds. The van der Waals surface area contributed by atoms with Crippen molar-refractivity contribution >= 4 is 5.91 Å². The van der Waals surface area contributed by atoms with Gasteiger partial charge in [-0.1, -0.05) is 0 Å². The van der Waals surface area contributed by atoms with Crippen LogP contribution >= 0.6 is 0 Å². The number of nitrogens with one attached hydrogen (secondary N) is 1. The van der Waals surface area contributed by atoms with Crippen LogP contribution in [0.25, 0.3) is 0 Å². The van der Waals surface area contributed by atoms with Crippen molar-refractivity contribution in [2.45, 2.75) is 51.6 Å². The molecule has 0 radical (unpaired) electrons. The first-order chi connectivity index (χ1) is 7.42. The van der Waals surface area contributed by atoms with Crippen LogP contribution in [0.1, 0.15) is 40.0 Å². The van der Waals surface area contributed by atoms with Gasteiger partial charge in [0.25, 0.3) is 0 Å². The maximum atomic E-state index is 11.8. The number of likely N-dealkylation sites (tertiary alicyclic amines) is 1. The van der Waals surface area contributed by atoms with E-state index in [1.807, 2.05) is 20.8 Å². The average molecular weight is 227 g/mol. The lowest BCUT2D eigenvalue weighted by Gasteiger charge is -2.27. The van der Waals surface area contributed by atoms with Crippen LogP contribution in [0.3, 0.4) is 0 Å². The largest absolute Gasteiger partial charge is 0.351 e. The van der Waals surface area contributed by atoms with E-state index in [0.717, 1.165) is 13.1 Å². The number of carbonyl (C=O) groups is 1. The minimum absolute atomic E-state index is 0.106. The number of rotatable bonds is 4. The molecule has 0 aromatic carbocycles. The monoisotopic (exact) mass is 227 g/mol. The zero-order chi connectivity index (χ0) is 12.2. The van der Waals surface area contributed by atoms with Crippen LogP contribution in [0.2, 0.25) is 0 Å². The number of hydrogen-bond donors (Lipinski definition) is 2. The van der Waals surface area contributed by atoms with Crippen molar-refractivity contribution in [3.8, 4) is 0 Å². The van der Waals surface area contributed by atoms with E-state index in [2.05, 4.69) is 10.2 Å². The van der Waals surface area contributed by atoms with Gasteiger partial charge in [-0.05, 0) is 46.7 Å². The molecule has 0 bridgehead atoms. The molecule has 0 saturated carbocycles. The minimum atomic E-state index is -0.152. The van der Waals surface area contributed by atoms with Gasteiger partial charge in [0.05, 0.1) is 0 Å². The van der Waals surface area contributed by atoms with E-state index in [-0.39, 0.29) is 17.5 Å². The predicted octanol–water partition coefficient (Wildman–Crippen LogP) is 0.714. The number of nitrogens with two attached hydrogens (primary N) is 1. The van der Waals surface area contributed by atoms with Gasteiger partial charge in [0.15, 0.2) is 0 Å². The molecule has 0 aromatic rings. The van der Waals surface area contributed by atoms with Crippen molar-refractivity contribution < 1.29 is 4.79 Å². The van der Waals surface area contributed by atoms with E-state index in [0.29, 0.717) is 13.0 Å². The van der Waals surface area contributed by atoms with Crippen LogP contribution in [0.4, 0.5) is 0 Å². The fourth-order valence-electron chi connectivity index (χ4n) is 2.15. The van der Waals surface area contributed by atoms with E-state index in [1.54, 1.807) is 0 Å². The molecule has 1 fully saturated rings. The minimum Gasteiger partial charge on any atom is -0.351 e. The normalized spacial score (nSPS) is 19.8. The molecule has 1 aliphatic rings. The molecule has 1 heterocycles. The van der Waals surface area contributed by atoms with Crippen molar-refractivity contribution in [1.82, 2.24) is 10.2 Å². The molecule has 4 nitrogen and oxygen atoms in total. The topological polar surface area (TPSA) is 58.4 Å². The van der Waals surface area contributed by atoms with Crippen molar-refractivity contribution in [2.24, 2.45) is 5.73 Å². The molecule has 1 rings (SSSR count). The number of carbonyl (C=O) groups excluding carboxylic acids is 1. The zero-order valence-corrected chi connectivity index (χ0v) is 10.8. The van der Waals surface area contributed by atoms with Crippen LogP contribution in [0.5, 0.6) is 0 Å². The average Bonchev–Trinajstić information content (AvgIpc) is 2.63. The van der Waals surface area contributed by atoms with Crippen molar-refractivity contribution in [1.29, 1.82) is 0 Å². The maximum Gasteiger partial charge on any atom is 0.222 e. The molecule has 1 saturated heterocycles. The Balaban J connectivity index is 2.40. The van der Waals surface area contributed by atoms with Gasteiger partial charge < -0.3 is 11.1 Å². The third-order valence-corrected chi connectivity index (χ3v) is 2.86. The Morgan fingerprint density at radius 3 is 2.38 bits per heavy atom. The fourth-order valence-corrected chi connectivity index (χ4v) is 2.15. The molecule has 16 heavy (non-hydrogen) atoms. The first-order valence-electron chi connectivity index (χ1n) is 6.17. The lowest BCUT2D eigenvalue weighted by molar-refractivity contribution is -0.123. The molecule has 1 atom stereocenters. The highest BCUT2D eigenvalue weighted by Gasteiger charge is 2.24. The molecule has 94 valence electrons. The van der Waals surface area contributed by atoms with Crippen LogP contribution < -0.4 is 11.1 Å². The predicted molar refractivity (Wildman–Crippen MR) is 66.2 cm³/mol. The van der Waals surface area contributed by atoms with E-state index in [1.165, 1.54) is 12.8 Å². The molecule has 4 heteroatoms. The van der Waals surface area contributed by atoms with Crippen molar-refractivity contribution in [3.05, 3.63) is 0 Å². The summed E-state index contributed by atoms with van der Waals surface area (Å²) >= 11 is 0. The standard InChI is InChI=1S/C12H25N3O/c1-12(2,3)14-11(16)8-10(9-13)15-6-4-5-7-15/h10H,4-9,13H2,1-3H3,(H,14,16). The Morgan fingerprint density at radius 1 is 1.38 bits per heavy atom. The fraction of sp³-hybridized carbons (Fsp3) is 0.917. The van der Waals surface area contributed by atoms with Gasteiger partial charge >= 0.3 is 0 Å². The Bertz CT molecular complexity index is 229. The highest BCUT2D eigenvalue weighted by molar-refractivity contribution is 5.77. The van der Waals surface area contributed by atoms with E-state index < -0.39 is 0 Å². The van der Waals surface area contributed by atoms with Gasteiger partial charge in [-0.3, -0.25) is 9.69 Å². The summed E-state index contributed by atoms with van der Waals surface area (Å²) in [5.41, 5.74) is 5.59. The third-order valence-electron chi connectivity index (χ3n) is 2.86. The summed E-state index contributed by atoms with van der Waals surface area (Å²) < 4.78 is 0. The molecule has 0 aromatic heterocycles. The van der Waals surface area contributed by atoms with E-state index in [4.69, 9.17) is 5.73 Å². The van der Waals surface area contributed by atoms with Crippen LogP contribution in [-0.4, -0.2) is 42.0 Å². The van der Waals surface area contributed by atoms with Crippen LogP contribution in [0.15, 0.2) is 0 Å². The molecule has 0 aliphatic carbocycles. The summed E-state index contributed by atoms with van der Waals surface area (Å²) in [5.74, 6) is 0.106. The summed E-state index contributed by atoms with van der Waals surface area (Å²) in [5, 5.41) is 2.99. The number of hydrogen-bond acceptors (Lipinski definition) is 3. The second-order valence-corrected chi connectivity index (χ2v) is 5.63. The Hall–Kier alpha value is -0.610. The van der Waals surface area contributed by atoms with Gasteiger partial charge in [0.2, 0.25) is 5.91 Å². The van der Waals surface area contributed by atoms with Crippen LogP contribution in [-0.2, 0) is 4.79 Å². The highest BCUT2D eigenvalue weighted by atomic mass is 16.1. The SMILES string of the molecule is CC(C)(C)NC(=O)CC(CN)N1CCCC1. The summed E-state index contributed by atoms with van der Waals surface area (Å²) in [6.45, 7) is 8.74. The molecular formula is C12H25N3O. The molecular weight excluding hydrogens is 202 g/mol. The van der Waals surface area contributed by atoms with Gasteiger partial charge in [-0.2, -0.15) is 0 Å². The lowest BCUT2D eigenvalue weighted by atomic mass is 10.1. The Morgan fingerprint density at radius 2 is 1.94 bits per heavy atom. The van der Waals surface area contributed by atoms with Gasteiger partial charge in [0, 0.05) is 24.5 Å². The summed E-state index contributed by atoms with van der Waals surface area (Å²) in [7, 11) is 0. The number of nitrogens with zero attached hydrogens (tertiary/aromatic N) is 1. The zero-order valence-electron chi connectivity index (χ0n) is 10.8.